The maximum Gasteiger partial charge on any atom is 0.490 e. The third-order valence-corrected chi connectivity index (χ3v) is 7.34. The summed E-state index contributed by atoms with van der Waals surface area (Å²) in [6, 6.07) is 3.67. The lowest BCUT2D eigenvalue weighted by molar-refractivity contribution is -0.226. The van der Waals surface area contributed by atoms with Crippen LogP contribution in [0, 0.1) is 6.92 Å². The van der Waals surface area contributed by atoms with Gasteiger partial charge in [0.15, 0.2) is 5.60 Å². The Morgan fingerprint density at radius 3 is 2.35 bits per heavy atom. The molecule has 1 amide bonds. The molecule has 4 rings (SSSR count). The van der Waals surface area contributed by atoms with E-state index in [4.69, 9.17) is 5.73 Å². The topological polar surface area (TPSA) is 162 Å². The molecule has 2 aromatic heterocycles. The number of nitrogens with two attached hydrogens (primary N) is 1. The number of alkyl halides is 6. The third-order valence-electron chi connectivity index (χ3n) is 5.94. The van der Waals surface area contributed by atoms with Crippen molar-refractivity contribution in [3.63, 3.8) is 0 Å². The summed E-state index contributed by atoms with van der Waals surface area (Å²) in [5.41, 5.74) is 4.26. The molecule has 0 atom stereocenters. The molecule has 1 aromatic carbocycles. The van der Waals surface area contributed by atoms with Crippen LogP contribution in [0.1, 0.15) is 18.3 Å². The lowest BCUT2D eigenvalue weighted by Crippen LogP contribution is -2.69. The summed E-state index contributed by atoms with van der Waals surface area (Å²) in [4.78, 5) is 34.2. The molecule has 1 aliphatic heterocycles. The summed E-state index contributed by atoms with van der Waals surface area (Å²) < 4.78 is 111. The Labute approximate surface area is 221 Å². The second-order valence-corrected chi connectivity index (χ2v) is 10.7. The van der Waals surface area contributed by atoms with Crippen molar-refractivity contribution in [2.45, 2.75) is 36.7 Å². The zero-order valence-electron chi connectivity index (χ0n) is 20.5. The van der Waals surface area contributed by atoms with Gasteiger partial charge in [0.05, 0.1) is 30.2 Å². The van der Waals surface area contributed by atoms with Crippen molar-refractivity contribution >= 4 is 33.6 Å². The number of aromatic nitrogens is 4. The number of nitrogen functional groups attached to an aromatic ring is 1. The molecule has 3 heterocycles. The van der Waals surface area contributed by atoms with Crippen LogP contribution in [0.2, 0.25) is 0 Å². The van der Waals surface area contributed by atoms with Gasteiger partial charge in [-0.25, -0.2) is 22.9 Å². The second kappa shape index (κ2) is 9.58. The van der Waals surface area contributed by atoms with Crippen LogP contribution < -0.4 is 10.5 Å². The molecule has 0 aliphatic carbocycles. The zero-order chi connectivity index (χ0) is 29.8. The number of nitrogens with one attached hydrogen (secondary N) is 1. The number of hydrogen-bond acceptors (Lipinski definition) is 9. The lowest BCUT2D eigenvalue weighted by atomic mass is 9.94. The fraction of sp³-hybridized carbons (Fsp3) is 0.381. The quantitative estimate of drug-likeness (QED) is 0.319. The number of amides is 1. The maximum absolute atomic E-state index is 13.1. The average Bonchev–Trinajstić information content (AvgIpc) is 3.23. The first-order valence-corrected chi connectivity index (χ1v) is 12.6. The molecule has 0 bridgehead atoms. The van der Waals surface area contributed by atoms with E-state index in [0.29, 0.717) is 5.56 Å². The van der Waals surface area contributed by atoms with Crippen LogP contribution in [0.15, 0.2) is 29.3 Å². The van der Waals surface area contributed by atoms with Crippen LogP contribution in [0.4, 0.5) is 32.3 Å². The number of aryl methyl sites for hydroxylation is 1. The summed E-state index contributed by atoms with van der Waals surface area (Å²) in [6.07, 6.45) is -9.05. The van der Waals surface area contributed by atoms with Gasteiger partial charge >= 0.3 is 18.3 Å². The van der Waals surface area contributed by atoms with Crippen LogP contribution in [-0.2, 0) is 30.5 Å². The largest absolute Gasteiger partial charge is 0.490 e. The van der Waals surface area contributed by atoms with Gasteiger partial charge in [-0.1, -0.05) is 6.07 Å². The number of benzene rings is 1. The Kier molecular flexibility index (Phi) is 6.94. The van der Waals surface area contributed by atoms with Crippen LogP contribution in [0.3, 0.4) is 0 Å². The molecule has 40 heavy (non-hydrogen) atoms. The zero-order valence-corrected chi connectivity index (χ0v) is 21.3. The van der Waals surface area contributed by atoms with Crippen molar-refractivity contribution in [1.82, 2.24) is 29.0 Å². The number of fused-ring (bicyclic) bond motifs is 1. The molecular formula is C21H19F6N7O5S. The molecule has 216 valence electrons. The number of imidazole rings is 1. The van der Waals surface area contributed by atoms with E-state index in [1.807, 2.05) is 0 Å². The Hall–Kier alpha value is -4.00. The molecule has 19 heteroatoms. The third kappa shape index (κ3) is 5.64. The highest BCUT2D eigenvalue weighted by Gasteiger charge is 2.53. The Morgan fingerprint density at radius 1 is 1.12 bits per heavy atom. The summed E-state index contributed by atoms with van der Waals surface area (Å²) in [7, 11) is -4.45. The molecule has 12 nitrogen and oxygen atoms in total. The number of anilines is 1. The van der Waals surface area contributed by atoms with Gasteiger partial charge in [-0.2, -0.15) is 36.3 Å². The molecule has 1 fully saturated rings. The molecule has 0 radical (unpaired) electrons. The standard InChI is InChI=1S/C21H19F6N7O5S/c1-10-3-4-12(5-13(10)14-6-34-17(28)31-15(20(22,23)24)32-18(34)30-14)40(37,38)29-7-19(8-33(9-19)11(2)35)39-16(36)21(25,26)27/h3-6,29H,7-9H2,1-2H3,(H2,28,30,31,32). The molecule has 0 saturated carbocycles. The van der Waals surface area contributed by atoms with E-state index in [9.17, 15) is 44.3 Å². The van der Waals surface area contributed by atoms with E-state index in [0.717, 1.165) is 22.3 Å². The average molecular weight is 595 g/mol. The highest BCUT2D eigenvalue weighted by atomic mass is 32.2. The van der Waals surface area contributed by atoms with Gasteiger partial charge < -0.3 is 15.4 Å². The number of nitrogens with zero attached hydrogens (tertiary/aromatic N) is 5. The minimum Gasteiger partial charge on any atom is -0.447 e. The smallest absolute Gasteiger partial charge is 0.447 e. The monoisotopic (exact) mass is 595 g/mol. The number of ether oxygens (including phenoxy) is 1. The van der Waals surface area contributed by atoms with Crippen molar-refractivity contribution in [1.29, 1.82) is 0 Å². The molecule has 1 aliphatic rings. The van der Waals surface area contributed by atoms with Crippen molar-refractivity contribution in [3.8, 4) is 11.3 Å². The number of sulfonamides is 1. The SMILES string of the molecule is CC(=O)N1CC(CNS(=O)(=O)c2ccc(C)c(-c3cn4c(N)nc(C(F)(F)F)nc4n3)c2)(OC(=O)C(F)(F)F)C1. The number of hydrogen-bond donors (Lipinski definition) is 2. The van der Waals surface area contributed by atoms with Gasteiger partial charge in [-0.05, 0) is 24.6 Å². The predicted octanol–water partition coefficient (Wildman–Crippen LogP) is 1.69. The van der Waals surface area contributed by atoms with E-state index >= 15 is 0 Å². The molecule has 0 spiro atoms. The molecule has 3 N–H and O–H groups in total. The number of carbonyl (C=O) groups is 2. The van der Waals surface area contributed by atoms with Gasteiger partial charge in [0.1, 0.15) is 0 Å². The number of likely N-dealkylation sites (tertiary alicyclic amines) is 1. The highest BCUT2D eigenvalue weighted by molar-refractivity contribution is 7.89. The van der Waals surface area contributed by atoms with Gasteiger partial charge in [0.2, 0.25) is 33.5 Å². The number of rotatable bonds is 6. The van der Waals surface area contributed by atoms with Gasteiger partial charge in [0, 0.05) is 18.7 Å². The fourth-order valence-corrected chi connectivity index (χ4v) is 4.99. The lowest BCUT2D eigenvalue weighted by Gasteiger charge is -2.48. The summed E-state index contributed by atoms with van der Waals surface area (Å²) in [5, 5.41) is 0. The van der Waals surface area contributed by atoms with Crippen molar-refractivity contribution in [3.05, 3.63) is 35.8 Å². The fourth-order valence-electron chi connectivity index (χ4n) is 3.85. The number of halogens is 6. The van der Waals surface area contributed by atoms with E-state index < -0.39 is 77.0 Å². The molecule has 0 unspecified atom stereocenters. The number of esters is 1. The minimum absolute atomic E-state index is 0.00143. The summed E-state index contributed by atoms with van der Waals surface area (Å²) in [5.74, 6) is -5.61. The number of carbonyl (C=O) groups excluding carboxylic acids is 2. The highest BCUT2D eigenvalue weighted by Crippen LogP contribution is 2.31. The Bertz CT molecular complexity index is 1610. The van der Waals surface area contributed by atoms with Crippen molar-refractivity contribution < 1.29 is 49.1 Å². The first-order valence-electron chi connectivity index (χ1n) is 11.1. The van der Waals surface area contributed by atoms with Crippen LogP contribution >= 0.6 is 0 Å². The molecule has 3 aromatic rings. The first kappa shape index (κ1) is 29.0. The van der Waals surface area contributed by atoms with Gasteiger partial charge in [0.25, 0.3) is 0 Å². The first-order chi connectivity index (χ1) is 18.3. The van der Waals surface area contributed by atoms with E-state index in [1.165, 1.54) is 18.3 Å². The van der Waals surface area contributed by atoms with Crippen molar-refractivity contribution in [2.75, 3.05) is 25.4 Å². The minimum atomic E-state index is -5.35. The molecular weight excluding hydrogens is 576 g/mol. The van der Waals surface area contributed by atoms with E-state index in [1.54, 1.807) is 6.92 Å². The van der Waals surface area contributed by atoms with E-state index in [2.05, 4.69) is 24.4 Å². The van der Waals surface area contributed by atoms with E-state index in [-0.39, 0.29) is 16.2 Å². The van der Waals surface area contributed by atoms with Crippen LogP contribution in [-0.4, -0.2) is 76.0 Å². The predicted molar refractivity (Wildman–Crippen MR) is 123 cm³/mol. The normalized spacial score (nSPS) is 15.7. The Balaban J connectivity index is 1.62. The van der Waals surface area contributed by atoms with Gasteiger partial charge in [-0.15, -0.1) is 0 Å². The summed E-state index contributed by atoms with van der Waals surface area (Å²) in [6.45, 7) is 0.960. The Morgan fingerprint density at radius 2 is 1.77 bits per heavy atom. The van der Waals surface area contributed by atoms with Crippen molar-refractivity contribution in [2.24, 2.45) is 0 Å². The molecule has 1 saturated heterocycles. The van der Waals surface area contributed by atoms with Crippen LogP contribution in [0.25, 0.3) is 17.0 Å². The maximum atomic E-state index is 13.1. The summed E-state index contributed by atoms with van der Waals surface area (Å²) >= 11 is 0. The second-order valence-electron chi connectivity index (χ2n) is 8.95. The van der Waals surface area contributed by atoms with Gasteiger partial charge in [-0.3, -0.25) is 9.20 Å². The van der Waals surface area contributed by atoms with Crippen LogP contribution in [0.5, 0.6) is 0 Å².